The Hall–Kier alpha value is -2.34. The van der Waals surface area contributed by atoms with Gasteiger partial charge in [-0.25, -0.2) is 4.79 Å². The molecule has 3 rings (SSSR count). The number of carbonyl (C=O) groups is 1. The average molecular weight is 370 g/mol. The van der Waals surface area contributed by atoms with E-state index in [0.29, 0.717) is 6.54 Å². The summed E-state index contributed by atoms with van der Waals surface area (Å²) in [6.07, 6.45) is 5.59. The molecule has 0 spiro atoms. The first kappa shape index (κ1) is 19.4. The number of aromatic nitrogens is 2. The lowest BCUT2D eigenvalue weighted by Gasteiger charge is -2.39. The summed E-state index contributed by atoms with van der Waals surface area (Å²) in [7, 11) is 3.71. The number of urea groups is 1. The van der Waals surface area contributed by atoms with Crippen molar-refractivity contribution in [2.75, 3.05) is 26.8 Å². The van der Waals surface area contributed by atoms with Crippen LogP contribution in [0.25, 0.3) is 0 Å². The number of aryl methyl sites for hydroxylation is 2. The summed E-state index contributed by atoms with van der Waals surface area (Å²) >= 11 is 0. The summed E-state index contributed by atoms with van der Waals surface area (Å²) in [5.74, 6) is 0. The first-order chi connectivity index (χ1) is 12.9. The third-order valence-corrected chi connectivity index (χ3v) is 5.85. The Morgan fingerprint density at radius 2 is 2.07 bits per heavy atom. The van der Waals surface area contributed by atoms with E-state index >= 15 is 0 Å². The predicted molar refractivity (Wildman–Crippen MR) is 106 cm³/mol. The van der Waals surface area contributed by atoms with Gasteiger partial charge in [0.25, 0.3) is 0 Å². The number of carbonyl (C=O) groups excluding carboxylic acids is 1. The van der Waals surface area contributed by atoms with Crippen LogP contribution >= 0.6 is 0 Å². The quantitative estimate of drug-likeness (QED) is 0.879. The first-order valence-corrected chi connectivity index (χ1v) is 9.56. The highest BCUT2D eigenvalue weighted by atomic mass is 16.5. The molecule has 2 heterocycles. The minimum Gasteiger partial charge on any atom is -0.381 e. The number of hydrogen-bond acceptors (Lipinski definition) is 3. The molecule has 1 aromatic heterocycles. The van der Waals surface area contributed by atoms with Crippen molar-refractivity contribution < 1.29 is 9.53 Å². The molecule has 0 aliphatic carbocycles. The lowest BCUT2D eigenvalue weighted by Crippen LogP contribution is -2.48. The summed E-state index contributed by atoms with van der Waals surface area (Å²) in [5.41, 5.74) is 3.54. The Balaban J connectivity index is 1.72. The van der Waals surface area contributed by atoms with Crippen molar-refractivity contribution in [3.8, 4) is 0 Å². The lowest BCUT2D eigenvalue weighted by molar-refractivity contribution is 0.0498. The van der Waals surface area contributed by atoms with Crippen molar-refractivity contribution in [2.24, 2.45) is 7.05 Å². The lowest BCUT2D eigenvalue weighted by atomic mass is 9.72. The SMILES string of the molecule is Cc1ccccc1C1(CNC(=O)N(C)[C@H](C)c2cnn(C)c2)CCOCC1. The average Bonchev–Trinajstić information content (AvgIpc) is 3.12. The number of amides is 2. The molecule has 0 bridgehead atoms. The maximum absolute atomic E-state index is 12.8. The fourth-order valence-corrected chi connectivity index (χ4v) is 3.90. The van der Waals surface area contributed by atoms with Crippen molar-refractivity contribution >= 4 is 6.03 Å². The second-order valence-electron chi connectivity index (χ2n) is 7.60. The highest BCUT2D eigenvalue weighted by Crippen LogP contribution is 2.36. The van der Waals surface area contributed by atoms with Crippen molar-refractivity contribution in [1.29, 1.82) is 0 Å². The molecule has 27 heavy (non-hydrogen) atoms. The van der Waals surface area contributed by atoms with Gasteiger partial charge >= 0.3 is 6.03 Å². The highest BCUT2D eigenvalue weighted by molar-refractivity contribution is 5.74. The smallest absolute Gasteiger partial charge is 0.317 e. The molecule has 2 amide bonds. The van der Waals surface area contributed by atoms with Crippen LogP contribution in [-0.2, 0) is 17.2 Å². The van der Waals surface area contributed by atoms with E-state index in [-0.39, 0.29) is 17.5 Å². The van der Waals surface area contributed by atoms with E-state index in [9.17, 15) is 4.79 Å². The molecule has 1 saturated heterocycles. The van der Waals surface area contributed by atoms with Crippen LogP contribution in [0.2, 0.25) is 0 Å². The van der Waals surface area contributed by atoms with Gasteiger partial charge < -0.3 is 15.0 Å². The van der Waals surface area contributed by atoms with Gasteiger partial charge in [-0.05, 0) is 37.8 Å². The number of ether oxygens (including phenoxy) is 1. The van der Waals surface area contributed by atoms with Gasteiger partial charge in [0.2, 0.25) is 0 Å². The zero-order chi connectivity index (χ0) is 19.4. The maximum Gasteiger partial charge on any atom is 0.317 e. The molecule has 1 aromatic carbocycles. The summed E-state index contributed by atoms with van der Waals surface area (Å²) in [6, 6.07) is 8.37. The topological polar surface area (TPSA) is 59.4 Å². The fourth-order valence-electron chi connectivity index (χ4n) is 3.90. The number of nitrogens with one attached hydrogen (secondary N) is 1. The molecule has 6 nitrogen and oxygen atoms in total. The molecule has 1 fully saturated rings. The van der Waals surface area contributed by atoms with Crippen LogP contribution in [-0.4, -0.2) is 47.5 Å². The van der Waals surface area contributed by atoms with E-state index in [2.05, 4.69) is 41.6 Å². The van der Waals surface area contributed by atoms with Gasteiger partial charge in [0.05, 0.1) is 12.2 Å². The molecular weight excluding hydrogens is 340 g/mol. The Labute approximate surface area is 161 Å². The summed E-state index contributed by atoms with van der Waals surface area (Å²) < 4.78 is 7.36. The van der Waals surface area contributed by atoms with Crippen molar-refractivity contribution in [1.82, 2.24) is 20.0 Å². The number of hydrogen-bond donors (Lipinski definition) is 1. The highest BCUT2D eigenvalue weighted by Gasteiger charge is 2.36. The first-order valence-electron chi connectivity index (χ1n) is 9.56. The third-order valence-electron chi connectivity index (χ3n) is 5.85. The van der Waals surface area contributed by atoms with Gasteiger partial charge in [0.1, 0.15) is 0 Å². The van der Waals surface area contributed by atoms with Crippen LogP contribution < -0.4 is 5.32 Å². The Morgan fingerprint density at radius 1 is 1.37 bits per heavy atom. The number of rotatable bonds is 5. The van der Waals surface area contributed by atoms with Crippen LogP contribution in [0, 0.1) is 6.92 Å². The Morgan fingerprint density at radius 3 is 2.70 bits per heavy atom. The van der Waals surface area contributed by atoms with Crippen LogP contribution in [0.15, 0.2) is 36.7 Å². The molecule has 1 aliphatic heterocycles. The monoisotopic (exact) mass is 370 g/mol. The second kappa shape index (κ2) is 8.13. The molecule has 1 atom stereocenters. The normalized spacial score (nSPS) is 17.3. The standard InChI is InChI=1S/C21H30N4O2/c1-16-7-5-6-8-19(16)21(9-11-27-12-10-21)15-22-20(26)25(4)17(2)18-13-23-24(3)14-18/h5-8,13-14,17H,9-12,15H2,1-4H3,(H,22,26)/t17-/m1/s1. The molecular formula is C21H30N4O2. The third kappa shape index (κ3) is 4.16. The zero-order valence-corrected chi connectivity index (χ0v) is 16.7. The predicted octanol–water partition coefficient (Wildman–Crippen LogP) is 3.18. The van der Waals surface area contributed by atoms with Crippen LogP contribution in [0.5, 0.6) is 0 Å². The van der Waals surface area contributed by atoms with Gasteiger partial charge in [0.15, 0.2) is 0 Å². The number of nitrogens with zero attached hydrogens (tertiary/aromatic N) is 3. The van der Waals surface area contributed by atoms with E-state index in [0.717, 1.165) is 31.6 Å². The van der Waals surface area contributed by atoms with E-state index < -0.39 is 0 Å². The fraction of sp³-hybridized carbons (Fsp3) is 0.524. The van der Waals surface area contributed by atoms with Gasteiger partial charge in [-0.1, -0.05) is 24.3 Å². The minimum absolute atomic E-state index is 0.0391. The summed E-state index contributed by atoms with van der Waals surface area (Å²) in [4.78, 5) is 14.6. The molecule has 2 aromatic rings. The molecule has 0 saturated carbocycles. The largest absolute Gasteiger partial charge is 0.381 e. The van der Waals surface area contributed by atoms with Crippen molar-refractivity contribution in [3.63, 3.8) is 0 Å². The summed E-state index contributed by atoms with van der Waals surface area (Å²) in [6.45, 7) is 6.23. The zero-order valence-electron chi connectivity index (χ0n) is 16.7. The molecule has 1 N–H and O–H groups in total. The molecule has 1 aliphatic rings. The Bertz CT molecular complexity index is 780. The van der Waals surface area contributed by atoms with Gasteiger partial charge in [-0.2, -0.15) is 5.10 Å². The van der Waals surface area contributed by atoms with E-state index in [1.165, 1.54) is 11.1 Å². The molecule has 0 radical (unpaired) electrons. The summed E-state index contributed by atoms with van der Waals surface area (Å²) in [5, 5.41) is 7.38. The molecule has 0 unspecified atom stereocenters. The van der Waals surface area contributed by atoms with Crippen molar-refractivity contribution in [2.45, 2.75) is 38.1 Å². The van der Waals surface area contributed by atoms with Crippen molar-refractivity contribution in [3.05, 3.63) is 53.3 Å². The van der Waals surface area contributed by atoms with Crippen LogP contribution in [0.3, 0.4) is 0 Å². The van der Waals surface area contributed by atoms with Crippen LogP contribution in [0.1, 0.15) is 42.5 Å². The minimum atomic E-state index is -0.0718. The van der Waals surface area contributed by atoms with E-state index in [1.807, 2.05) is 33.4 Å². The Kier molecular flexibility index (Phi) is 5.85. The second-order valence-corrected chi connectivity index (χ2v) is 7.60. The van der Waals surface area contributed by atoms with E-state index in [4.69, 9.17) is 4.74 Å². The number of benzene rings is 1. The van der Waals surface area contributed by atoms with Gasteiger partial charge in [-0.3, -0.25) is 4.68 Å². The van der Waals surface area contributed by atoms with Gasteiger partial charge in [-0.15, -0.1) is 0 Å². The molecule has 146 valence electrons. The molecule has 6 heteroatoms. The van der Waals surface area contributed by atoms with Gasteiger partial charge in [0, 0.05) is 51.0 Å². The van der Waals surface area contributed by atoms with E-state index in [1.54, 1.807) is 9.58 Å². The van der Waals surface area contributed by atoms with Crippen LogP contribution in [0.4, 0.5) is 4.79 Å². The maximum atomic E-state index is 12.8.